The summed E-state index contributed by atoms with van der Waals surface area (Å²) in [6.45, 7) is 5.88. The maximum Gasteiger partial charge on any atom is 0.151 e. The number of pyridine rings is 1. The first-order valence-corrected chi connectivity index (χ1v) is 9.37. The van der Waals surface area contributed by atoms with Gasteiger partial charge in [0, 0.05) is 45.5 Å². The van der Waals surface area contributed by atoms with Crippen molar-refractivity contribution in [1.82, 2.24) is 15.2 Å². The SMILES string of the molecule is Clc1ccc(N2CCN(c3ccc(N4CCCCC4)nn3)CC2)nc1. The van der Waals surface area contributed by atoms with Gasteiger partial charge in [0.25, 0.3) is 0 Å². The van der Waals surface area contributed by atoms with Crippen molar-refractivity contribution in [2.45, 2.75) is 19.3 Å². The third-order valence-corrected chi connectivity index (χ3v) is 5.18. The lowest BCUT2D eigenvalue weighted by atomic mass is 10.1. The molecule has 7 heteroatoms. The van der Waals surface area contributed by atoms with E-state index in [2.05, 4.69) is 42.0 Å². The molecule has 0 bridgehead atoms. The van der Waals surface area contributed by atoms with Gasteiger partial charge in [-0.1, -0.05) is 11.6 Å². The maximum atomic E-state index is 5.91. The van der Waals surface area contributed by atoms with E-state index in [1.165, 1.54) is 19.3 Å². The minimum absolute atomic E-state index is 0.673. The Morgan fingerprint density at radius 3 is 1.68 bits per heavy atom. The predicted molar refractivity (Wildman–Crippen MR) is 102 cm³/mol. The van der Waals surface area contributed by atoms with Gasteiger partial charge in [0.15, 0.2) is 11.6 Å². The van der Waals surface area contributed by atoms with Crippen molar-refractivity contribution in [3.63, 3.8) is 0 Å². The Hall–Kier alpha value is -2.08. The van der Waals surface area contributed by atoms with E-state index in [4.69, 9.17) is 11.6 Å². The second kappa shape index (κ2) is 7.44. The molecule has 2 fully saturated rings. The molecule has 2 saturated heterocycles. The smallest absolute Gasteiger partial charge is 0.151 e. The zero-order chi connectivity index (χ0) is 17.1. The first-order chi connectivity index (χ1) is 12.3. The molecule has 0 amide bonds. The van der Waals surface area contributed by atoms with Crippen LogP contribution in [0.25, 0.3) is 0 Å². The summed E-state index contributed by atoms with van der Waals surface area (Å²) < 4.78 is 0. The molecule has 2 aliphatic rings. The van der Waals surface area contributed by atoms with Crippen molar-refractivity contribution < 1.29 is 0 Å². The predicted octanol–water partition coefficient (Wildman–Crippen LogP) is 2.84. The number of hydrogen-bond donors (Lipinski definition) is 0. The first kappa shape index (κ1) is 16.4. The summed E-state index contributed by atoms with van der Waals surface area (Å²) in [5, 5.41) is 9.60. The van der Waals surface area contributed by atoms with E-state index >= 15 is 0 Å². The Labute approximate surface area is 153 Å². The van der Waals surface area contributed by atoms with Gasteiger partial charge in [-0.05, 0) is 43.5 Å². The molecule has 4 heterocycles. The Kier molecular flexibility index (Phi) is 4.88. The fraction of sp³-hybridized carbons (Fsp3) is 0.500. The molecule has 0 radical (unpaired) electrons. The number of nitrogens with zero attached hydrogens (tertiary/aromatic N) is 6. The van der Waals surface area contributed by atoms with Gasteiger partial charge in [-0.2, -0.15) is 0 Å². The third kappa shape index (κ3) is 3.79. The van der Waals surface area contributed by atoms with Crippen LogP contribution in [0.3, 0.4) is 0 Å². The zero-order valence-corrected chi connectivity index (χ0v) is 15.1. The van der Waals surface area contributed by atoms with Gasteiger partial charge < -0.3 is 14.7 Å². The van der Waals surface area contributed by atoms with E-state index < -0.39 is 0 Å². The van der Waals surface area contributed by atoms with Crippen LogP contribution in [0.4, 0.5) is 17.5 Å². The van der Waals surface area contributed by atoms with E-state index in [-0.39, 0.29) is 0 Å². The van der Waals surface area contributed by atoms with E-state index in [1.54, 1.807) is 6.20 Å². The van der Waals surface area contributed by atoms with Crippen molar-refractivity contribution in [2.75, 3.05) is 54.0 Å². The van der Waals surface area contributed by atoms with Gasteiger partial charge in [0.2, 0.25) is 0 Å². The Bertz CT molecular complexity index is 676. The average Bonchev–Trinajstić information content (AvgIpc) is 2.70. The number of halogens is 1. The molecule has 132 valence electrons. The average molecular weight is 359 g/mol. The van der Waals surface area contributed by atoms with Crippen LogP contribution in [0.5, 0.6) is 0 Å². The summed E-state index contributed by atoms with van der Waals surface area (Å²) in [6, 6.07) is 8.08. The molecule has 0 atom stereocenters. The molecule has 4 rings (SSSR count). The van der Waals surface area contributed by atoms with Gasteiger partial charge in [0.05, 0.1) is 5.02 Å². The van der Waals surface area contributed by atoms with Crippen molar-refractivity contribution in [1.29, 1.82) is 0 Å². The number of piperazine rings is 1. The van der Waals surface area contributed by atoms with E-state index in [1.807, 2.05) is 12.1 Å². The van der Waals surface area contributed by atoms with Gasteiger partial charge in [-0.15, -0.1) is 10.2 Å². The van der Waals surface area contributed by atoms with Crippen molar-refractivity contribution in [2.24, 2.45) is 0 Å². The zero-order valence-electron chi connectivity index (χ0n) is 14.3. The number of aromatic nitrogens is 3. The number of hydrogen-bond acceptors (Lipinski definition) is 6. The molecule has 25 heavy (non-hydrogen) atoms. The highest BCUT2D eigenvalue weighted by molar-refractivity contribution is 6.30. The lowest BCUT2D eigenvalue weighted by molar-refractivity contribution is 0.570. The van der Waals surface area contributed by atoms with Gasteiger partial charge in [-0.25, -0.2) is 4.98 Å². The van der Waals surface area contributed by atoms with Crippen LogP contribution in [0.15, 0.2) is 30.5 Å². The van der Waals surface area contributed by atoms with Gasteiger partial charge >= 0.3 is 0 Å². The summed E-state index contributed by atoms with van der Waals surface area (Å²) in [5.41, 5.74) is 0. The molecule has 0 N–H and O–H groups in total. The van der Waals surface area contributed by atoms with Gasteiger partial charge in [0.1, 0.15) is 5.82 Å². The van der Waals surface area contributed by atoms with Gasteiger partial charge in [-0.3, -0.25) is 0 Å². The number of rotatable bonds is 3. The highest BCUT2D eigenvalue weighted by Crippen LogP contribution is 2.21. The number of anilines is 3. The van der Waals surface area contributed by atoms with Crippen molar-refractivity contribution in [3.05, 3.63) is 35.5 Å². The van der Waals surface area contributed by atoms with Crippen LogP contribution < -0.4 is 14.7 Å². The fourth-order valence-electron chi connectivity index (χ4n) is 3.50. The summed E-state index contributed by atoms with van der Waals surface area (Å²) >= 11 is 5.91. The lowest BCUT2D eigenvalue weighted by Gasteiger charge is -2.36. The molecule has 2 aromatic heterocycles. The fourth-order valence-corrected chi connectivity index (χ4v) is 3.61. The van der Waals surface area contributed by atoms with Crippen LogP contribution in [-0.4, -0.2) is 54.4 Å². The monoisotopic (exact) mass is 358 g/mol. The highest BCUT2D eigenvalue weighted by atomic mass is 35.5. The van der Waals surface area contributed by atoms with E-state index in [0.29, 0.717) is 5.02 Å². The second-order valence-corrected chi connectivity index (χ2v) is 7.04. The van der Waals surface area contributed by atoms with Crippen LogP contribution in [0, 0.1) is 0 Å². The first-order valence-electron chi connectivity index (χ1n) is 9.00. The number of piperidine rings is 1. The molecule has 0 spiro atoms. The summed E-state index contributed by atoms with van der Waals surface area (Å²) in [4.78, 5) is 11.3. The van der Waals surface area contributed by atoms with E-state index in [9.17, 15) is 0 Å². The minimum Gasteiger partial charge on any atom is -0.355 e. The third-order valence-electron chi connectivity index (χ3n) is 4.96. The summed E-state index contributed by atoms with van der Waals surface area (Å²) in [6.07, 6.45) is 5.54. The largest absolute Gasteiger partial charge is 0.355 e. The normalized spacial score (nSPS) is 18.5. The quantitative estimate of drug-likeness (QED) is 0.840. The van der Waals surface area contributed by atoms with Crippen molar-refractivity contribution >= 4 is 29.1 Å². The molecule has 0 aliphatic carbocycles. The lowest BCUT2D eigenvalue weighted by Crippen LogP contribution is -2.47. The second-order valence-electron chi connectivity index (χ2n) is 6.61. The molecule has 0 aromatic carbocycles. The Balaban J connectivity index is 1.36. The molecule has 0 saturated carbocycles. The molecular formula is C18H23ClN6. The summed E-state index contributed by atoms with van der Waals surface area (Å²) in [7, 11) is 0. The summed E-state index contributed by atoms with van der Waals surface area (Å²) in [5.74, 6) is 2.95. The van der Waals surface area contributed by atoms with Crippen LogP contribution in [0.2, 0.25) is 5.02 Å². The molecule has 2 aliphatic heterocycles. The molecular weight excluding hydrogens is 336 g/mol. The highest BCUT2D eigenvalue weighted by Gasteiger charge is 2.20. The molecule has 0 unspecified atom stereocenters. The minimum atomic E-state index is 0.673. The molecule has 2 aromatic rings. The van der Waals surface area contributed by atoms with Crippen LogP contribution >= 0.6 is 11.6 Å². The van der Waals surface area contributed by atoms with E-state index in [0.717, 1.165) is 56.7 Å². The standard InChI is InChI=1S/C18H23ClN6/c19-15-4-5-16(20-14-15)24-10-12-25(13-11-24)18-7-6-17(21-22-18)23-8-2-1-3-9-23/h4-7,14H,1-3,8-13H2. The Morgan fingerprint density at radius 2 is 1.16 bits per heavy atom. The topological polar surface area (TPSA) is 48.4 Å². The molecule has 6 nitrogen and oxygen atoms in total. The Morgan fingerprint density at radius 1 is 0.640 bits per heavy atom. The van der Waals surface area contributed by atoms with Crippen LogP contribution in [0.1, 0.15) is 19.3 Å². The van der Waals surface area contributed by atoms with Crippen LogP contribution in [-0.2, 0) is 0 Å². The maximum absolute atomic E-state index is 5.91. The van der Waals surface area contributed by atoms with Crippen molar-refractivity contribution in [3.8, 4) is 0 Å².